The van der Waals surface area contributed by atoms with Crippen LogP contribution in [0.3, 0.4) is 0 Å². The molecule has 0 aliphatic carbocycles. The van der Waals surface area contributed by atoms with Crippen molar-refractivity contribution in [3.8, 4) is 0 Å². The van der Waals surface area contributed by atoms with Gasteiger partial charge in [0.05, 0.1) is 27.9 Å². The molecular weight excluding hydrogens is 431 g/mol. The molecule has 5 rings (SSSR count). The monoisotopic (exact) mass is 456 g/mol. The Kier molecular flexibility index (Phi) is 5.46. The normalized spacial score (nSPS) is 22.5. The second kappa shape index (κ2) is 8.29. The molecular formula is C23H25FN4O3S. The summed E-state index contributed by atoms with van der Waals surface area (Å²) in [6.07, 6.45) is 2.98. The number of amides is 1. The summed E-state index contributed by atoms with van der Waals surface area (Å²) in [7, 11) is -3.77. The molecule has 2 aromatic carbocycles. The van der Waals surface area contributed by atoms with Gasteiger partial charge in [0.1, 0.15) is 11.6 Å². The van der Waals surface area contributed by atoms with Crippen LogP contribution in [0.4, 0.5) is 4.39 Å². The minimum absolute atomic E-state index is 0.0213. The van der Waals surface area contributed by atoms with Crippen LogP contribution < -0.4 is 0 Å². The zero-order valence-corrected chi connectivity index (χ0v) is 18.4. The number of hydrogen-bond acceptors (Lipinski definition) is 4. The van der Waals surface area contributed by atoms with Gasteiger partial charge in [0.15, 0.2) is 0 Å². The number of fused-ring (bicyclic) bond motifs is 1. The van der Waals surface area contributed by atoms with Gasteiger partial charge in [0.25, 0.3) is 0 Å². The van der Waals surface area contributed by atoms with Crippen LogP contribution in [0.2, 0.25) is 0 Å². The smallest absolute Gasteiger partial charge is 0.243 e. The van der Waals surface area contributed by atoms with E-state index in [0.29, 0.717) is 25.9 Å². The Morgan fingerprint density at radius 2 is 1.78 bits per heavy atom. The molecule has 2 saturated heterocycles. The van der Waals surface area contributed by atoms with E-state index in [0.717, 1.165) is 41.8 Å². The van der Waals surface area contributed by atoms with Gasteiger partial charge < -0.3 is 9.88 Å². The fourth-order valence-electron chi connectivity index (χ4n) is 4.80. The van der Waals surface area contributed by atoms with Gasteiger partial charge in [0, 0.05) is 19.6 Å². The van der Waals surface area contributed by atoms with E-state index < -0.39 is 21.8 Å². The van der Waals surface area contributed by atoms with Crippen LogP contribution in [0, 0.1) is 11.7 Å². The van der Waals surface area contributed by atoms with Crippen molar-refractivity contribution in [3.05, 3.63) is 60.2 Å². The Bertz CT molecular complexity index is 1210. The number of nitrogens with zero attached hydrogens (tertiary/aromatic N) is 3. The number of para-hydroxylation sites is 2. The maximum atomic E-state index is 13.5. The van der Waals surface area contributed by atoms with Crippen molar-refractivity contribution >= 4 is 27.0 Å². The number of hydrogen-bond donors (Lipinski definition) is 1. The Labute approximate surface area is 186 Å². The number of carbonyl (C=O) groups is 1. The third-order valence-electron chi connectivity index (χ3n) is 6.44. The molecule has 0 bridgehead atoms. The Balaban J connectivity index is 1.35. The van der Waals surface area contributed by atoms with E-state index in [1.807, 2.05) is 29.2 Å². The fourth-order valence-corrected chi connectivity index (χ4v) is 6.32. The lowest BCUT2D eigenvalue weighted by molar-refractivity contribution is -0.137. The number of sulfonamides is 1. The molecule has 2 unspecified atom stereocenters. The van der Waals surface area contributed by atoms with Crippen molar-refractivity contribution in [1.29, 1.82) is 0 Å². The van der Waals surface area contributed by atoms with E-state index >= 15 is 0 Å². The SMILES string of the molecule is O=C(C1CCCN(S(=O)(=O)c2ccc(F)cc2)C1)N1CCCC1c1nc2ccccc2[nH]1. The van der Waals surface area contributed by atoms with Gasteiger partial charge in [-0.25, -0.2) is 17.8 Å². The second-order valence-electron chi connectivity index (χ2n) is 8.48. The summed E-state index contributed by atoms with van der Waals surface area (Å²) in [5.74, 6) is -0.124. The van der Waals surface area contributed by atoms with Gasteiger partial charge >= 0.3 is 0 Å². The predicted octanol–water partition coefficient (Wildman–Crippen LogP) is 3.47. The highest BCUT2D eigenvalue weighted by Crippen LogP contribution is 2.34. The highest BCUT2D eigenvalue weighted by atomic mass is 32.2. The number of nitrogens with one attached hydrogen (secondary N) is 1. The molecule has 168 valence electrons. The van der Waals surface area contributed by atoms with Crippen molar-refractivity contribution < 1.29 is 17.6 Å². The molecule has 1 amide bonds. The minimum Gasteiger partial charge on any atom is -0.340 e. The van der Waals surface area contributed by atoms with Crippen LogP contribution in [0.25, 0.3) is 11.0 Å². The Morgan fingerprint density at radius 3 is 2.56 bits per heavy atom. The number of aromatic amines is 1. The van der Waals surface area contributed by atoms with Crippen molar-refractivity contribution in [2.45, 2.75) is 36.6 Å². The zero-order chi connectivity index (χ0) is 22.3. The standard InChI is InChI=1S/C23H25FN4O3S/c24-17-9-11-18(12-10-17)32(30,31)27-13-3-5-16(15-27)23(29)28-14-4-8-21(28)22-25-19-6-1-2-7-20(19)26-22/h1-2,6-7,9-12,16,21H,3-5,8,13-15H2,(H,25,26). The van der Waals surface area contributed by atoms with Crippen molar-refractivity contribution in [3.63, 3.8) is 0 Å². The average Bonchev–Trinajstić information content (AvgIpc) is 3.46. The van der Waals surface area contributed by atoms with Gasteiger partial charge in [-0.1, -0.05) is 12.1 Å². The average molecular weight is 457 g/mol. The molecule has 0 spiro atoms. The molecule has 3 aromatic rings. The summed E-state index contributed by atoms with van der Waals surface area (Å²) in [5, 5.41) is 0. The number of likely N-dealkylation sites (tertiary alicyclic amines) is 1. The molecule has 0 saturated carbocycles. The van der Waals surface area contributed by atoms with Crippen LogP contribution in [-0.4, -0.2) is 53.1 Å². The quantitative estimate of drug-likeness (QED) is 0.651. The Hall–Kier alpha value is -2.78. The number of rotatable bonds is 4. The molecule has 3 heterocycles. The number of carbonyl (C=O) groups excluding carboxylic acids is 1. The number of imidazole rings is 1. The molecule has 7 nitrogen and oxygen atoms in total. The summed E-state index contributed by atoms with van der Waals surface area (Å²) < 4.78 is 40.7. The second-order valence-corrected chi connectivity index (χ2v) is 10.4. The van der Waals surface area contributed by atoms with Gasteiger partial charge in [-0.15, -0.1) is 0 Å². The first-order valence-corrected chi connectivity index (χ1v) is 12.4. The van der Waals surface area contributed by atoms with E-state index in [1.165, 1.54) is 16.4 Å². The molecule has 2 atom stereocenters. The number of aromatic nitrogens is 2. The summed E-state index contributed by atoms with van der Waals surface area (Å²) in [5.41, 5.74) is 1.81. The van der Waals surface area contributed by atoms with E-state index in [2.05, 4.69) is 9.97 Å². The first-order chi connectivity index (χ1) is 15.4. The lowest BCUT2D eigenvalue weighted by Gasteiger charge is -2.34. The van der Waals surface area contributed by atoms with Crippen molar-refractivity contribution in [1.82, 2.24) is 19.2 Å². The van der Waals surface area contributed by atoms with Crippen LogP contribution in [0.15, 0.2) is 53.4 Å². The molecule has 0 radical (unpaired) electrons. The molecule has 9 heteroatoms. The lowest BCUT2D eigenvalue weighted by Crippen LogP contribution is -2.46. The van der Waals surface area contributed by atoms with Gasteiger partial charge in [-0.3, -0.25) is 4.79 Å². The maximum absolute atomic E-state index is 13.5. The third-order valence-corrected chi connectivity index (χ3v) is 8.32. The van der Waals surface area contributed by atoms with Gasteiger partial charge in [0.2, 0.25) is 15.9 Å². The summed E-state index contributed by atoms with van der Waals surface area (Å²) >= 11 is 0. The number of halogens is 1. The van der Waals surface area contributed by atoms with E-state index in [1.54, 1.807) is 0 Å². The molecule has 32 heavy (non-hydrogen) atoms. The maximum Gasteiger partial charge on any atom is 0.243 e. The highest BCUT2D eigenvalue weighted by Gasteiger charge is 2.39. The summed E-state index contributed by atoms with van der Waals surface area (Å²) in [4.78, 5) is 23.4. The zero-order valence-electron chi connectivity index (χ0n) is 17.6. The minimum atomic E-state index is -3.77. The highest BCUT2D eigenvalue weighted by molar-refractivity contribution is 7.89. The fraction of sp³-hybridized carbons (Fsp3) is 0.391. The van der Waals surface area contributed by atoms with Crippen LogP contribution in [0.5, 0.6) is 0 Å². The first kappa shape index (κ1) is 21.1. The van der Waals surface area contributed by atoms with Gasteiger partial charge in [-0.2, -0.15) is 4.31 Å². The molecule has 1 aromatic heterocycles. The number of benzene rings is 2. The Morgan fingerprint density at radius 1 is 1.03 bits per heavy atom. The van der Waals surface area contributed by atoms with Crippen LogP contribution >= 0.6 is 0 Å². The van der Waals surface area contributed by atoms with Crippen LogP contribution in [0.1, 0.15) is 37.5 Å². The summed E-state index contributed by atoms with van der Waals surface area (Å²) in [6, 6.07) is 12.5. The first-order valence-electron chi connectivity index (χ1n) is 10.9. The van der Waals surface area contributed by atoms with E-state index in [9.17, 15) is 17.6 Å². The van der Waals surface area contributed by atoms with Crippen molar-refractivity contribution in [2.24, 2.45) is 5.92 Å². The molecule has 2 fully saturated rings. The molecule has 2 aliphatic heterocycles. The largest absolute Gasteiger partial charge is 0.340 e. The van der Waals surface area contributed by atoms with Gasteiger partial charge in [-0.05, 0) is 62.1 Å². The summed E-state index contributed by atoms with van der Waals surface area (Å²) in [6.45, 7) is 1.14. The molecule has 1 N–H and O–H groups in total. The molecule has 2 aliphatic rings. The topological polar surface area (TPSA) is 86.4 Å². The number of piperidine rings is 1. The third kappa shape index (κ3) is 3.80. The van der Waals surface area contributed by atoms with E-state index in [-0.39, 0.29) is 23.4 Å². The van der Waals surface area contributed by atoms with E-state index in [4.69, 9.17) is 0 Å². The lowest BCUT2D eigenvalue weighted by atomic mass is 9.97. The predicted molar refractivity (Wildman–Crippen MR) is 118 cm³/mol. The van der Waals surface area contributed by atoms with Crippen LogP contribution in [-0.2, 0) is 14.8 Å². The van der Waals surface area contributed by atoms with Crippen molar-refractivity contribution in [2.75, 3.05) is 19.6 Å². The number of H-pyrrole nitrogens is 1.